The van der Waals surface area contributed by atoms with Crippen molar-refractivity contribution >= 4 is 11.8 Å². The van der Waals surface area contributed by atoms with Crippen LogP contribution in [0.2, 0.25) is 0 Å². The summed E-state index contributed by atoms with van der Waals surface area (Å²) in [6.45, 7) is 4.00. The van der Waals surface area contributed by atoms with E-state index in [0.717, 1.165) is 43.1 Å². The Morgan fingerprint density at radius 1 is 0.886 bits per heavy atom. The second kappa shape index (κ2) is 10.9. The smallest absolute Gasteiger partial charge is 0.255 e. The second-order valence-electron chi connectivity index (χ2n) is 9.67. The van der Waals surface area contributed by atoms with E-state index in [1.807, 2.05) is 54.6 Å². The minimum Gasteiger partial charge on any atom is -0.353 e. The summed E-state index contributed by atoms with van der Waals surface area (Å²) in [5.74, 6) is 0.537. The molecule has 3 aromatic carbocycles. The number of hydrogen-bond donors (Lipinski definition) is 1. The van der Waals surface area contributed by atoms with E-state index in [1.54, 1.807) is 4.90 Å². The Balaban J connectivity index is 1.16. The summed E-state index contributed by atoms with van der Waals surface area (Å²) >= 11 is 0. The van der Waals surface area contributed by atoms with Gasteiger partial charge in [-0.05, 0) is 61.0 Å². The highest BCUT2D eigenvalue weighted by Gasteiger charge is 2.37. The van der Waals surface area contributed by atoms with E-state index in [1.165, 1.54) is 18.4 Å². The van der Waals surface area contributed by atoms with E-state index in [2.05, 4.69) is 40.5 Å². The Morgan fingerprint density at radius 3 is 2.26 bits per heavy atom. The van der Waals surface area contributed by atoms with Crippen molar-refractivity contribution < 1.29 is 9.59 Å². The summed E-state index contributed by atoms with van der Waals surface area (Å²) in [5, 5.41) is 3.13. The van der Waals surface area contributed by atoms with Crippen molar-refractivity contribution in [1.82, 2.24) is 15.1 Å². The number of rotatable bonds is 8. The average Bonchev–Trinajstić information content (AvgIpc) is 3.22. The van der Waals surface area contributed by atoms with Gasteiger partial charge in [0.1, 0.15) is 6.04 Å². The van der Waals surface area contributed by atoms with Crippen LogP contribution in [0.3, 0.4) is 0 Å². The molecule has 0 radical (unpaired) electrons. The van der Waals surface area contributed by atoms with Gasteiger partial charge in [-0.25, -0.2) is 0 Å². The number of fused-ring (bicyclic) bond motifs is 1. The quantitative estimate of drug-likeness (QED) is 0.532. The van der Waals surface area contributed by atoms with Crippen molar-refractivity contribution in [2.75, 3.05) is 26.2 Å². The molecule has 1 unspecified atom stereocenters. The minimum absolute atomic E-state index is 0.0786. The molecule has 0 bridgehead atoms. The molecule has 5 heteroatoms. The van der Waals surface area contributed by atoms with Crippen LogP contribution in [-0.2, 0) is 17.8 Å². The number of carbonyl (C=O) groups excluding carboxylic acids is 2. The molecule has 5 rings (SSSR count). The van der Waals surface area contributed by atoms with E-state index in [4.69, 9.17) is 0 Å². The first-order valence-corrected chi connectivity index (χ1v) is 12.7. The van der Waals surface area contributed by atoms with Gasteiger partial charge in [-0.2, -0.15) is 0 Å². The third-order valence-corrected chi connectivity index (χ3v) is 7.33. The highest BCUT2D eigenvalue weighted by molar-refractivity contribution is 6.01. The highest BCUT2D eigenvalue weighted by Crippen LogP contribution is 2.31. The summed E-state index contributed by atoms with van der Waals surface area (Å²) in [5.41, 5.74) is 3.93. The molecule has 0 aromatic heterocycles. The summed E-state index contributed by atoms with van der Waals surface area (Å²) in [6.07, 6.45) is 3.53. The predicted octanol–water partition coefficient (Wildman–Crippen LogP) is 4.45. The van der Waals surface area contributed by atoms with Crippen molar-refractivity contribution in [3.05, 3.63) is 107 Å². The summed E-state index contributed by atoms with van der Waals surface area (Å²) in [7, 11) is 0. The molecular weight excluding hydrogens is 434 g/mol. The Bertz CT molecular complexity index is 1140. The second-order valence-corrected chi connectivity index (χ2v) is 9.67. The van der Waals surface area contributed by atoms with Gasteiger partial charge in [0.15, 0.2) is 0 Å². The molecule has 3 aromatic rings. The first kappa shape index (κ1) is 23.3. The predicted molar refractivity (Wildman–Crippen MR) is 138 cm³/mol. The molecule has 1 saturated heterocycles. The maximum Gasteiger partial charge on any atom is 0.255 e. The Kier molecular flexibility index (Phi) is 7.24. The molecule has 1 fully saturated rings. The van der Waals surface area contributed by atoms with Crippen LogP contribution < -0.4 is 5.32 Å². The van der Waals surface area contributed by atoms with Gasteiger partial charge in [-0.3, -0.25) is 9.59 Å². The standard InChI is InChI=1S/C30H33N3O2/c34-29(31-17-20-32-18-15-24(16-19-32)21-23-9-3-1-4-10-23)28(25-11-5-2-6-12-25)33-22-26-13-7-8-14-27(26)30(33)35/h1-14,24,28H,15-22H2,(H,31,34). The molecule has 0 aliphatic carbocycles. The van der Waals surface area contributed by atoms with Gasteiger partial charge >= 0.3 is 0 Å². The normalized spacial score (nSPS) is 17.3. The lowest BCUT2D eigenvalue weighted by atomic mass is 9.90. The van der Waals surface area contributed by atoms with Crippen molar-refractivity contribution in [1.29, 1.82) is 0 Å². The van der Waals surface area contributed by atoms with Crippen molar-refractivity contribution in [3.63, 3.8) is 0 Å². The Morgan fingerprint density at radius 2 is 1.54 bits per heavy atom. The Hall–Kier alpha value is -3.44. The van der Waals surface area contributed by atoms with Crippen LogP contribution >= 0.6 is 0 Å². The van der Waals surface area contributed by atoms with E-state index in [-0.39, 0.29) is 11.8 Å². The first-order chi connectivity index (χ1) is 17.2. The molecule has 180 valence electrons. The van der Waals surface area contributed by atoms with Gasteiger partial charge < -0.3 is 15.1 Å². The number of nitrogens with one attached hydrogen (secondary N) is 1. The molecule has 1 N–H and O–H groups in total. The lowest BCUT2D eigenvalue weighted by Gasteiger charge is -2.32. The van der Waals surface area contributed by atoms with Crippen LogP contribution in [0.4, 0.5) is 0 Å². The summed E-state index contributed by atoms with van der Waals surface area (Å²) < 4.78 is 0. The lowest BCUT2D eigenvalue weighted by molar-refractivity contribution is -0.126. The van der Waals surface area contributed by atoms with E-state index in [9.17, 15) is 9.59 Å². The van der Waals surface area contributed by atoms with Gasteiger partial charge in [0, 0.05) is 25.2 Å². The molecule has 0 spiro atoms. The molecule has 2 aliphatic rings. The lowest BCUT2D eigenvalue weighted by Crippen LogP contribution is -2.44. The molecule has 35 heavy (non-hydrogen) atoms. The molecule has 0 saturated carbocycles. The van der Waals surface area contributed by atoms with Crippen LogP contribution in [0.5, 0.6) is 0 Å². The Labute approximate surface area is 207 Å². The average molecular weight is 468 g/mol. The van der Waals surface area contributed by atoms with Crippen LogP contribution in [0.15, 0.2) is 84.9 Å². The topological polar surface area (TPSA) is 52.7 Å². The van der Waals surface area contributed by atoms with Gasteiger partial charge in [-0.15, -0.1) is 0 Å². The number of likely N-dealkylation sites (tertiary alicyclic amines) is 1. The summed E-state index contributed by atoms with van der Waals surface area (Å²) in [6, 6.07) is 27.4. The number of hydrogen-bond acceptors (Lipinski definition) is 3. The van der Waals surface area contributed by atoms with E-state index in [0.29, 0.717) is 18.7 Å². The van der Waals surface area contributed by atoms with E-state index < -0.39 is 6.04 Å². The van der Waals surface area contributed by atoms with Crippen molar-refractivity contribution in [3.8, 4) is 0 Å². The van der Waals surface area contributed by atoms with Crippen LogP contribution in [0, 0.1) is 5.92 Å². The van der Waals surface area contributed by atoms with Crippen molar-refractivity contribution in [2.24, 2.45) is 5.92 Å². The van der Waals surface area contributed by atoms with Gasteiger partial charge in [0.2, 0.25) is 5.91 Å². The van der Waals surface area contributed by atoms with Crippen molar-refractivity contribution in [2.45, 2.75) is 31.8 Å². The first-order valence-electron chi connectivity index (χ1n) is 12.7. The minimum atomic E-state index is -0.632. The molecule has 2 amide bonds. The fraction of sp³-hybridized carbons (Fsp3) is 0.333. The molecule has 2 aliphatic heterocycles. The number of carbonyl (C=O) groups is 2. The maximum absolute atomic E-state index is 13.4. The highest BCUT2D eigenvalue weighted by atomic mass is 16.2. The van der Waals surface area contributed by atoms with Gasteiger partial charge in [0.05, 0.1) is 0 Å². The van der Waals surface area contributed by atoms with Gasteiger partial charge in [0.25, 0.3) is 5.91 Å². The van der Waals surface area contributed by atoms with Gasteiger partial charge in [-0.1, -0.05) is 78.9 Å². The summed E-state index contributed by atoms with van der Waals surface area (Å²) in [4.78, 5) is 30.7. The molecular formula is C30H33N3O2. The third kappa shape index (κ3) is 5.46. The monoisotopic (exact) mass is 467 g/mol. The number of benzene rings is 3. The molecule has 5 nitrogen and oxygen atoms in total. The number of nitrogens with zero attached hydrogens (tertiary/aromatic N) is 2. The van der Waals surface area contributed by atoms with E-state index >= 15 is 0 Å². The van der Waals surface area contributed by atoms with Crippen LogP contribution in [0.1, 0.15) is 45.9 Å². The molecule has 2 heterocycles. The third-order valence-electron chi connectivity index (χ3n) is 7.33. The molecule has 1 atom stereocenters. The zero-order valence-corrected chi connectivity index (χ0v) is 20.1. The number of amides is 2. The fourth-order valence-electron chi connectivity index (χ4n) is 5.39. The SMILES string of the molecule is O=C(NCCN1CCC(Cc2ccccc2)CC1)C(c1ccccc1)N1Cc2ccccc2C1=O. The maximum atomic E-state index is 13.4. The zero-order chi connectivity index (χ0) is 24.0. The fourth-order valence-corrected chi connectivity index (χ4v) is 5.39. The van der Waals surface area contributed by atoms with Crippen LogP contribution in [-0.4, -0.2) is 47.8 Å². The number of piperidine rings is 1. The largest absolute Gasteiger partial charge is 0.353 e. The zero-order valence-electron chi connectivity index (χ0n) is 20.1. The van der Waals surface area contributed by atoms with Crippen LogP contribution in [0.25, 0.3) is 0 Å².